The van der Waals surface area contributed by atoms with Gasteiger partial charge in [0.15, 0.2) is 93.1 Å². The summed E-state index contributed by atoms with van der Waals surface area (Å²) in [5.41, 5.74) is 0. The highest BCUT2D eigenvalue weighted by molar-refractivity contribution is 8.77. The first-order chi connectivity index (χ1) is 22.5. The normalized spacial score (nSPS) is 14.0. The quantitative estimate of drug-likeness (QED) is 0.0963. The van der Waals surface area contributed by atoms with Crippen molar-refractivity contribution in [1.82, 2.24) is 0 Å². The lowest BCUT2D eigenvalue weighted by Gasteiger charge is -2.15. The Hall–Kier alpha value is -1.44. The molecular weight excluding hydrogens is 849 g/mol. The van der Waals surface area contributed by atoms with Crippen LogP contribution in [0.2, 0.25) is 0 Å². The van der Waals surface area contributed by atoms with E-state index in [4.69, 9.17) is 0 Å². The fraction of sp³-hybridized carbons (Fsp3) is 0. The van der Waals surface area contributed by atoms with Crippen LogP contribution in [0.25, 0.3) is 0 Å². The standard InChI is InChI=1S/C24F16S8/c25-1-2(26)18-4(28)3(27)17(1)41-43-19-5(29)7(31)21(8(32)6(19)30)45-47-23-13(37)15(39)24(16(40)14(23)38)48-46-22-11(35)9(33)20(44-42-18)10(34)12(22)36. The molecule has 24 heteroatoms. The van der Waals surface area contributed by atoms with Gasteiger partial charge in [0.05, 0.1) is 39.2 Å². The van der Waals surface area contributed by atoms with Crippen molar-refractivity contribution >= 4 is 86.4 Å². The Morgan fingerprint density at radius 1 is 0.146 bits per heavy atom. The van der Waals surface area contributed by atoms with Crippen LogP contribution in [0.5, 0.6) is 0 Å². The zero-order valence-corrected chi connectivity index (χ0v) is 27.8. The van der Waals surface area contributed by atoms with E-state index < -0.39 is 219 Å². The fourth-order valence-electron chi connectivity index (χ4n) is 3.28. The summed E-state index contributed by atoms with van der Waals surface area (Å²) < 4.78 is 236. The zero-order chi connectivity index (χ0) is 35.5. The van der Waals surface area contributed by atoms with E-state index in [0.717, 1.165) is 0 Å². The van der Waals surface area contributed by atoms with Gasteiger partial charge in [-0.2, -0.15) is 0 Å². The van der Waals surface area contributed by atoms with E-state index in [1.807, 2.05) is 0 Å². The SMILES string of the molecule is Fc1c(F)c2c(F)c(F)c1SSc1c(F)c(F)c(c(F)c1F)SSc1c(F)c(F)c(c(F)c1F)SSc1c(F)c(F)c(c(F)c1F)SS2. The molecule has 10 heterocycles. The fourth-order valence-corrected chi connectivity index (χ4v) is 12.1. The molecule has 0 N–H and O–H groups in total. The van der Waals surface area contributed by atoms with Crippen LogP contribution in [0.4, 0.5) is 70.2 Å². The molecule has 0 spiro atoms. The summed E-state index contributed by atoms with van der Waals surface area (Å²) in [6.07, 6.45) is 0. The van der Waals surface area contributed by atoms with E-state index in [0.29, 0.717) is 0 Å². The molecular formula is C24F16S8. The molecule has 0 unspecified atom stereocenters. The molecule has 0 aliphatic carbocycles. The lowest BCUT2D eigenvalue weighted by Crippen LogP contribution is -2.04. The number of hydrogen-bond acceptors (Lipinski definition) is 8. The van der Waals surface area contributed by atoms with Crippen LogP contribution in [0.3, 0.4) is 0 Å². The highest BCUT2D eigenvalue weighted by atomic mass is 33.1. The Morgan fingerprint density at radius 3 is 0.271 bits per heavy atom. The van der Waals surface area contributed by atoms with Crippen molar-refractivity contribution in [2.75, 3.05) is 0 Å². The Kier molecular flexibility index (Phi) is 11.5. The molecule has 14 rings (SSSR count). The predicted molar refractivity (Wildman–Crippen MR) is 152 cm³/mol. The van der Waals surface area contributed by atoms with Crippen LogP contribution in [-0.2, 0) is 0 Å². The third-order valence-corrected chi connectivity index (χ3v) is 15.1. The second-order valence-electron chi connectivity index (χ2n) is 8.32. The summed E-state index contributed by atoms with van der Waals surface area (Å²) in [6.45, 7) is 0. The second-order valence-corrected chi connectivity index (χ2v) is 16.9. The van der Waals surface area contributed by atoms with Gasteiger partial charge in [0, 0.05) is 0 Å². The predicted octanol–water partition coefficient (Wildman–Crippen LogP) is 13.4. The largest absolute Gasteiger partial charge is 0.202 e. The van der Waals surface area contributed by atoms with E-state index in [1.54, 1.807) is 0 Å². The summed E-state index contributed by atoms with van der Waals surface area (Å²) in [4.78, 5) is -13.3. The molecule has 4 aromatic carbocycles. The van der Waals surface area contributed by atoms with Crippen molar-refractivity contribution in [3.05, 3.63) is 93.1 Å². The van der Waals surface area contributed by atoms with E-state index in [9.17, 15) is 70.2 Å². The van der Waals surface area contributed by atoms with Crippen molar-refractivity contribution in [2.45, 2.75) is 39.2 Å². The van der Waals surface area contributed by atoms with E-state index >= 15 is 0 Å². The van der Waals surface area contributed by atoms with Crippen LogP contribution in [-0.4, -0.2) is 0 Å². The molecule has 48 heavy (non-hydrogen) atoms. The van der Waals surface area contributed by atoms with Gasteiger partial charge in [-0.1, -0.05) is 0 Å². The minimum Gasteiger partial charge on any atom is -0.202 e. The molecule has 10 aliphatic rings. The Bertz CT molecular complexity index is 1480. The zero-order valence-electron chi connectivity index (χ0n) is 21.3. The number of hydrogen-bond donors (Lipinski definition) is 0. The maximum atomic E-state index is 14.8. The minimum absolute atomic E-state index is 0.495. The molecule has 0 atom stereocenters. The van der Waals surface area contributed by atoms with E-state index in [1.165, 1.54) is 0 Å². The van der Waals surface area contributed by atoms with E-state index in [2.05, 4.69) is 0 Å². The molecule has 0 radical (unpaired) electrons. The van der Waals surface area contributed by atoms with Crippen LogP contribution < -0.4 is 0 Å². The van der Waals surface area contributed by atoms with E-state index in [-0.39, 0.29) is 0 Å². The van der Waals surface area contributed by atoms with Crippen molar-refractivity contribution in [3.63, 3.8) is 0 Å². The highest BCUT2D eigenvalue weighted by Crippen LogP contribution is 2.53. The average Bonchev–Trinajstić information content (AvgIpc) is 3.05. The molecule has 0 saturated heterocycles. The van der Waals surface area contributed by atoms with Gasteiger partial charge in [-0.3, -0.25) is 0 Å². The summed E-state index contributed by atoms with van der Waals surface area (Å²) in [5, 5.41) is 0. The van der Waals surface area contributed by atoms with Gasteiger partial charge >= 0.3 is 0 Å². The summed E-state index contributed by atoms with van der Waals surface area (Å²) in [5.74, 6) is -36.4. The number of benzene rings is 4. The highest BCUT2D eigenvalue weighted by Gasteiger charge is 2.34. The molecule has 0 aromatic heterocycles. The third kappa shape index (κ3) is 6.44. The molecule has 0 amide bonds. The van der Waals surface area contributed by atoms with Crippen LogP contribution in [0.1, 0.15) is 0 Å². The second kappa shape index (κ2) is 14.7. The topological polar surface area (TPSA) is 0 Å². The van der Waals surface area contributed by atoms with Crippen LogP contribution in [0.15, 0.2) is 39.2 Å². The molecule has 0 nitrogen and oxygen atoms in total. The first-order valence-electron chi connectivity index (χ1n) is 11.3. The molecule has 10 aliphatic heterocycles. The summed E-state index contributed by atoms with van der Waals surface area (Å²) >= 11 is 0. The van der Waals surface area contributed by atoms with Crippen molar-refractivity contribution < 1.29 is 70.2 Å². The van der Waals surface area contributed by atoms with Crippen molar-refractivity contribution in [2.24, 2.45) is 0 Å². The average molecular weight is 849 g/mol. The lowest BCUT2D eigenvalue weighted by molar-refractivity contribution is 0.400. The lowest BCUT2D eigenvalue weighted by atomic mass is 10.3. The molecule has 0 saturated carbocycles. The Balaban J connectivity index is 1.70. The van der Waals surface area contributed by atoms with Gasteiger partial charge in [-0.25, -0.2) is 70.2 Å². The first-order valence-corrected chi connectivity index (χ1v) is 19.9. The monoisotopic (exact) mass is 848 g/mol. The van der Waals surface area contributed by atoms with Crippen LogP contribution >= 0.6 is 86.4 Å². The van der Waals surface area contributed by atoms with Crippen molar-refractivity contribution in [1.29, 1.82) is 0 Å². The van der Waals surface area contributed by atoms with Gasteiger partial charge in [-0.15, -0.1) is 0 Å². The number of halogens is 16. The molecule has 256 valence electrons. The van der Waals surface area contributed by atoms with Gasteiger partial charge in [-0.05, 0) is 86.4 Å². The van der Waals surface area contributed by atoms with Crippen LogP contribution in [0, 0.1) is 93.1 Å². The molecule has 4 aromatic rings. The smallest absolute Gasteiger partial charge is 0.177 e. The van der Waals surface area contributed by atoms with Gasteiger partial charge in [0.1, 0.15) is 0 Å². The summed E-state index contributed by atoms with van der Waals surface area (Å²) in [7, 11) is -3.96. The van der Waals surface area contributed by atoms with Crippen molar-refractivity contribution in [3.8, 4) is 0 Å². The number of rotatable bonds is 0. The Labute approximate surface area is 287 Å². The third-order valence-electron chi connectivity index (χ3n) is 5.56. The maximum absolute atomic E-state index is 14.8. The maximum Gasteiger partial charge on any atom is 0.177 e. The Morgan fingerprint density at radius 2 is 0.208 bits per heavy atom. The van der Waals surface area contributed by atoms with Gasteiger partial charge in [0.25, 0.3) is 0 Å². The molecule has 8 bridgehead atoms. The summed E-state index contributed by atoms with van der Waals surface area (Å²) in [6, 6.07) is 0. The first kappa shape index (κ1) is 37.8. The van der Waals surface area contributed by atoms with Gasteiger partial charge in [0.2, 0.25) is 0 Å². The molecule has 0 fully saturated rings. The van der Waals surface area contributed by atoms with Gasteiger partial charge < -0.3 is 0 Å². The minimum atomic E-state index is -2.27.